The van der Waals surface area contributed by atoms with Crippen LogP contribution in [0, 0.1) is 5.95 Å². The van der Waals surface area contributed by atoms with Gasteiger partial charge in [-0.3, -0.25) is 4.79 Å². The Morgan fingerprint density at radius 2 is 2.10 bits per heavy atom. The number of nitrogens with two attached hydrogens (primary N) is 1. The molecule has 0 spiro atoms. The van der Waals surface area contributed by atoms with Crippen LogP contribution in [0.4, 0.5) is 15.9 Å². The quantitative estimate of drug-likeness (QED) is 0.494. The van der Waals surface area contributed by atoms with Crippen molar-refractivity contribution < 1.29 is 9.18 Å². The van der Waals surface area contributed by atoms with Gasteiger partial charge in [-0.05, 0) is 36.4 Å². The molecule has 0 aliphatic carbocycles. The lowest BCUT2D eigenvalue weighted by atomic mass is 10.2. The molecule has 6 heteroatoms. The molecule has 2 heterocycles. The maximum absolute atomic E-state index is 12.9. The number of anilines is 2. The van der Waals surface area contributed by atoms with Crippen molar-refractivity contribution in [2.24, 2.45) is 0 Å². The van der Waals surface area contributed by atoms with E-state index in [4.69, 9.17) is 5.73 Å². The summed E-state index contributed by atoms with van der Waals surface area (Å²) in [6, 6.07) is 11.2. The number of amides is 1. The number of halogens is 1. The Bertz CT molecular complexity index is 797. The van der Waals surface area contributed by atoms with Gasteiger partial charge in [0.05, 0.1) is 0 Å². The van der Waals surface area contributed by atoms with Gasteiger partial charge in [0.2, 0.25) is 5.95 Å². The molecule has 0 atom stereocenters. The smallest absolute Gasteiger partial charge is 0.273 e. The number of aromatic nitrogens is 2. The number of carbonyl (C=O) groups excluding carboxylic acids is 1. The van der Waals surface area contributed by atoms with Crippen LogP contribution >= 0.6 is 0 Å². The summed E-state index contributed by atoms with van der Waals surface area (Å²) < 4.78 is 12.9. The predicted octanol–water partition coefficient (Wildman–Crippen LogP) is 2.54. The molecule has 0 aliphatic heterocycles. The number of hydrogen-bond acceptors (Lipinski definition) is 3. The minimum atomic E-state index is -0.646. The number of nitrogens with zero attached hydrogens (tertiary/aromatic N) is 1. The fourth-order valence-corrected chi connectivity index (χ4v) is 1.93. The van der Waals surface area contributed by atoms with E-state index in [1.54, 1.807) is 24.3 Å². The topological polar surface area (TPSA) is 83.8 Å². The molecule has 0 radical (unpaired) electrons. The first kappa shape index (κ1) is 12.2. The lowest BCUT2D eigenvalue weighted by Crippen LogP contribution is -2.13. The van der Waals surface area contributed by atoms with E-state index < -0.39 is 11.9 Å². The first-order valence-electron chi connectivity index (χ1n) is 5.94. The van der Waals surface area contributed by atoms with Crippen molar-refractivity contribution in [3.8, 4) is 0 Å². The van der Waals surface area contributed by atoms with Crippen LogP contribution in [-0.4, -0.2) is 15.9 Å². The van der Waals surface area contributed by atoms with Crippen LogP contribution < -0.4 is 11.1 Å². The molecule has 2 aromatic heterocycles. The Morgan fingerprint density at radius 1 is 1.25 bits per heavy atom. The Balaban J connectivity index is 1.88. The van der Waals surface area contributed by atoms with E-state index in [0.717, 1.165) is 10.9 Å². The summed E-state index contributed by atoms with van der Waals surface area (Å²) in [7, 11) is 0. The maximum Gasteiger partial charge on any atom is 0.273 e. The number of benzene rings is 1. The highest BCUT2D eigenvalue weighted by Crippen LogP contribution is 2.19. The van der Waals surface area contributed by atoms with E-state index in [9.17, 15) is 9.18 Å². The summed E-state index contributed by atoms with van der Waals surface area (Å²) in [6.07, 6.45) is 0. The zero-order valence-corrected chi connectivity index (χ0v) is 10.4. The molecule has 3 rings (SSSR count). The number of aromatic amines is 1. The highest BCUT2D eigenvalue weighted by atomic mass is 19.1. The van der Waals surface area contributed by atoms with Gasteiger partial charge in [-0.15, -0.1) is 0 Å². The summed E-state index contributed by atoms with van der Waals surface area (Å²) in [5.74, 6) is -0.877. The molecule has 0 aliphatic rings. The summed E-state index contributed by atoms with van der Waals surface area (Å²) in [4.78, 5) is 18.6. The fraction of sp³-hybridized carbons (Fsp3) is 0. The Morgan fingerprint density at radius 3 is 2.90 bits per heavy atom. The number of fused-ring (bicyclic) bond motifs is 1. The molecule has 0 unspecified atom stereocenters. The first-order chi connectivity index (χ1) is 9.61. The van der Waals surface area contributed by atoms with Gasteiger partial charge in [0, 0.05) is 16.6 Å². The number of H-pyrrole nitrogens is 1. The largest absolute Gasteiger partial charge is 0.399 e. The molecule has 0 fully saturated rings. The third kappa shape index (κ3) is 2.31. The van der Waals surface area contributed by atoms with E-state index in [2.05, 4.69) is 15.3 Å². The van der Waals surface area contributed by atoms with Gasteiger partial charge in [-0.1, -0.05) is 6.07 Å². The lowest BCUT2D eigenvalue weighted by molar-refractivity contribution is 0.102. The van der Waals surface area contributed by atoms with Gasteiger partial charge < -0.3 is 16.0 Å². The van der Waals surface area contributed by atoms with Gasteiger partial charge >= 0.3 is 0 Å². The van der Waals surface area contributed by atoms with Gasteiger partial charge in [0.1, 0.15) is 11.5 Å². The molecule has 0 saturated carbocycles. The summed E-state index contributed by atoms with van der Waals surface area (Å²) in [6.45, 7) is 0. The number of nitrogens with one attached hydrogen (secondary N) is 2. The monoisotopic (exact) mass is 270 g/mol. The summed E-state index contributed by atoms with van der Waals surface area (Å²) in [5, 5.41) is 3.36. The standard InChI is InChI=1S/C14H11FN4O/c15-12-2-1-3-13(18-12)19-14(20)11-7-8-6-9(16)4-5-10(8)17-11/h1-7,17H,16H2,(H,18,19,20). The average molecular weight is 270 g/mol. The number of hydrogen-bond donors (Lipinski definition) is 3. The van der Waals surface area contributed by atoms with E-state index in [1.165, 1.54) is 18.2 Å². The van der Waals surface area contributed by atoms with Crippen molar-refractivity contribution in [1.82, 2.24) is 9.97 Å². The highest BCUT2D eigenvalue weighted by Gasteiger charge is 2.10. The third-order valence-electron chi connectivity index (χ3n) is 2.85. The molecule has 0 saturated heterocycles. The van der Waals surface area contributed by atoms with Crippen molar-refractivity contribution in [2.75, 3.05) is 11.1 Å². The Kier molecular flexibility index (Phi) is 2.83. The molecule has 4 N–H and O–H groups in total. The number of nitrogen functional groups attached to an aromatic ring is 1. The molecule has 1 aromatic carbocycles. The van der Waals surface area contributed by atoms with Crippen LogP contribution in [0.25, 0.3) is 10.9 Å². The van der Waals surface area contributed by atoms with Gasteiger partial charge in [-0.2, -0.15) is 4.39 Å². The summed E-state index contributed by atoms with van der Waals surface area (Å²) >= 11 is 0. The predicted molar refractivity (Wildman–Crippen MR) is 74.9 cm³/mol. The van der Waals surface area contributed by atoms with Gasteiger partial charge in [0.25, 0.3) is 5.91 Å². The van der Waals surface area contributed by atoms with Crippen LogP contribution in [0.15, 0.2) is 42.5 Å². The second-order valence-corrected chi connectivity index (χ2v) is 4.33. The molecular formula is C14H11FN4O. The maximum atomic E-state index is 12.9. The second kappa shape index (κ2) is 4.65. The number of pyridine rings is 1. The molecule has 5 nitrogen and oxygen atoms in total. The second-order valence-electron chi connectivity index (χ2n) is 4.33. The van der Waals surface area contributed by atoms with Crippen molar-refractivity contribution in [1.29, 1.82) is 0 Å². The van der Waals surface area contributed by atoms with E-state index >= 15 is 0 Å². The van der Waals surface area contributed by atoms with Crippen molar-refractivity contribution in [3.63, 3.8) is 0 Å². The zero-order chi connectivity index (χ0) is 14.1. The van der Waals surface area contributed by atoms with E-state index in [0.29, 0.717) is 11.4 Å². The van der Waals surface area contributed by atoms with Crippen LogP contribution in [-0.2, 0) is 0 Å². The lowest BCUT2D eigenvalue weighted by Gasteiger charge is -2.01. The normalized spacial score (nSPS) is 10.7. The zero-order valence-electron chi connectivity index (χ0n) is 10.4. The minimum absolute atomic E-state index is 0.160. The van der Waals surface area contributed by atoms with Gasteiger partial charge in [0.15, 0.2) is 0 Å². The number of rotatable bonds is 2. The van der Waals surface area contributed by atoms with Crippen LogP contribution in [0.3, 0.4) is 0 Å². The van der Waals surface area contributed by atoms with Crippen molar-refractivity contribution in [3.05, 3.63) is 54.1 Å². The van der Waals surface area contributed by atoms with Crippen LogP contribution in [0.2, 0.25) is 0 Å². The number of carbonyl (C=O) groups is 1. The van der Waals surface area contributed by atoms with Crippen LogP contribution in [0.5, 0.6) is 0 Å². The molecular weight excluding hydrogens is 259 g/mol. The third-order valence-corrected chi connectivity index (χ3v) is 2.85. The molecule has 0 bridgehead atoms. The van der Waals surface area contributed by atoms with E-state index in [-0.39, 0.29) is 5.82 Å². The average Bonchev–Trinajstić information content (AvgIpc) is 2.81. The van der Waals surface area contributed by atoms with Crippen molar-refractivity contribution >= 4 is 28.3 Å². The van der Waals surface area contributed by atoms with Crippen LogP contribution in [0.1, 0.15) is 10.5 Å². The fourth-order valence-electron chi connectivity index (χ4n) is 1.93. The molecule has 20 heavy (non-hydrogen) atoms. The molecule has 100 valence electrons. The SMILES string of the molecule is Nc1ccc2[nH]c(C(=O)Nc3cccc(F)n3)cc2c1. The molecule has 3 aromatic rings. The van der Waals surface area contributed by atoms with Gasteiger partial charge in [-0.25, -0.2) is 4.98 Å². The van der Waals surface area contributed by atoms with Crippen molar-refractivity contribution in [2.45, 2.75) is 0 Å². The summed E-state index contributed by atoms with van der Waals surface area (Å²) in [5.41, 5.74) is 7.46. The van der Waals surface area contributed by atoms with E-state index in [1.807, 2.05) is 0 Å². The Labute approximate surface area is 113 Å². The first-order valence-corrected chi connectivity index (χ1v) is 5.94. The Hall–Kier alpha value is -2.89. The highest BCUT2D eigenvalue weighted by molar-refractivity contribution is 6.05. The minimum Gasteiger partial charge on any atom is -0.399 e. The molecule has 1 amide bonds.